The fourth-order valence-corrected chi connectivity index (χ4v) is 12.0. The number of hydrogen-bond acceptors (Lipinski definition) is 11. The molecular formula is C48H63Br2N8O5P. The minimum atomic E-state index is -3.48. The molecule has 2 saturated heterocycles. The van der Waals surface area contributed by atoms with Crippen LogP contribution in [0.5, 0.6) is 0 Å². The van der Waals surface area contributed by atoms with Crippen molar-refractivity contribution in [2.24, 2.45) is 11.8 Å². The molecular weight excluding hydrogens is 959 g/mol. The molecule has 6 heterocycles. The highest BCUT2D eigenvalue weighted by Crippen LogP contribution is 2.50. The summed E-state index contributed by atoms with van der Waals surface area (Å²) in [5.74, 6) is 4.25. The number of aliphatic hydroxyl groups is 1. The van der Waals surface area contributed by atoms with Crippen LogP contribution in [0.1, 0.15) is 84.6 Å². The summed E-state index contributed by atoms with van der Waals surface area (Å²) in [6, 6.07) is 8.58. The van der Waals surface area contributed by atoms with Gasteiger partial charge in [0.25, 0.3) is 0 Å². The van der Waals surface area contributed by atoms with Crippen molar-refractivity contribution >= 4 is 73.4 Å². The quantitative estimate of drug-likeness (QED) is 0.117. The van der Waals surface area contributed by atoms with Crippen molar-refractivity contribution in [3.63, 3.8) is 0 Å². The van der Waals surface area contributed by atoms with Gasteiger partial charge in [-0.1, -0.05) is 31.9 Å². The predicted molar refractivity (Wildman–Crippen MR) is 265 cm³/mol. The van der Waals surface area contributed by atoms with Crippen molar-refractivity contribution in [3.8, 4) is 11.4 Å². The van der Waals surface area contributed by atoms with Gasteiger partial charge >= 0.3 is 7.82 Å². The SMILES string of the molecule is CCOP(=O)(OCC)OCC1CCN(c2nc(C)nc3c2c(C)cn3-c2c(C)cc(Br)cc2C)CC1.Cc1nc(N2CCC(CO)CC2)c2c(C)cn(-c3c(C)cc(Br)cc3C)c2n1. The monoisotopic (exact) mass is 1020 g/mol. The van der Waals surface area contributed by atoms with Crippen LogP contribution in [0.2, 0.25) is 0 Å². The molecule has 0 saturated carbocycles. The number of aliphatic hydroxyl groups excluding tert-OH is 1. The third-order valence-electron chi connectivity index (χ3n) is 12.4. The number of aromatic nitrogens is 6. The van der Waals surface area contributed by atoms with E-state index in [1.807, 2.05) is 13.8 Å². The van der Waals surface area contributed by atoms with Gasteiger partial charge in [0, 0.05) is 54.1 Å². The third kappa shape index (κ3) is 10.3. The number of halogens is 2. The van der Waals surface area contributed by atoms with Crippen molar-refractivity contribution in [1.82, 2.24) is 29.1 Å². The minimum absolute atomic E-state index is 0.281. The molecule has 6 aromatic rings. The van der Waals surface area contributed by atoms with E-state index < -0.39 is 7.82 Å². The highest BCUT2D eigenvalue weighted by atomic mass is 79.9. The average Bonchev–Trinajstić information content (AvgIpc) is 3.74. The second-order valence-corrected chi connectivity index (χ2v) is 20.8. The first-order chi connectivity index (χ1) is 30.5. The number of rotatable bonds is 12. The Hall–Kier alpha value is -3.69. The molecule has 4 aromatic heterocycles. The lowest BCUT2D eigenvalue weighted by atomic mass is 9.98. The lowest BCUT2D eigenvalue weighted by Gasteiger charge is -2.33. The number of anilines is 2. The van der Waals surface area contributed by atoms with Crippen LogP contribution in [0.4, 0.5) is 11.6 Å². The van der Waals surface area contributed by atoms with Crippen molar-refractivity contribution < 1.29 is 23.2 Å². The highest BCUT2D eigenvalue weighted by Gasteiger charge is 2.30. The zero-order valence-corrected chi connectivity index (χ0v) is 43.0. The Morgan fingerprint density at radius 1 is 0.594 bits per heavy atom. The molecule has 0 aliphatic carbocycles. The standard InChI is InChI=1S/C26H36BrN4O4P.C22H27BrN4O/c1-7-33-36(32,34-8-2)35-16-21-9-11-30(12-10-21)25-23-19(5)15-31(26(23)29-20(6)28-25)24-17(3)13-22(27)14-18(24)4;1-13-9-18(23)10-14(2)20(13)27-11-15(3)19-21(24-16(4)25-22(19)27)26-7-5-17(12-28)6-8-26/h13-15,21H,7-12,16H2,1-6H3;9-11,17,28H,5-8,12H2,1-4H3. The van der Waals surface area contributed by atoms with E-state index in [1.165, 1.54) is 33.5 Å². The molecule has 0 unspecified atom stereocenters. The van der Waals surface area contributed by atoms with E-state index in [1.54, 1.807) is 13.8 Å². The molecule has 0 radical (unpaired) electrons. The molecule has 0 amide bonds. The lowest BCUT2D eigenvalue weighted by Crippen LogP contribution is -2.36. The molecule has 2 aliphatic rings. The Morgan fingerprint density at radius 2 is 0.969 bits per heavy atom. The van der Waals surface area contributed by atoms with Crippen LogP contribution < -0.4 is 9.80 Å². The van der Waals surface area contributed by atoms with Crippen molar-refractivity contribution in [2.75, 3.05) is 62.4 Å². The summed E-state index contributed by atoms with van der Waals surface area (Å²) in [5.41, 5.74) is 11.4. The first-order valence-corrected chi connectivity index (χ1v) is 25.5. The van der Waals surface area contributed by atoms with Crippen molar-refractivity contribution in [1.29, 1.82) is 0 Å². The number of fused-ring (bicyclic) bond motifs is 2. The molecule has 0 bridgehead atoms. The number of piperidine rings is 2. The van der Waals surface area contributed by atoms with E-state index in [4.69, 9.17) is 33.5 Å². The number of phosphoric ester groups is 1. The van der Waals surface area contributed by atoms with Crippen molar-refractivity contribution in [2.45, 2.75) is 94.9 Å². The Labute approximate surface area is 394 Å². The lowest BCUT2D eigenvalue weighted by molar-refractivity contribution is 0.102. The van der Waals surface area contributed by atoms with Gasteiger partial charge in [0.05, 0.1) is 42.0 Å². The van der Waals surface area contributed by atoms with Crippen LogP contribution in [0.3, 0.4) is 0 Å². The fraction of sp³-hybridized carbons (Fsp3) is 0.500. The molecule has 8 rings (SSSR count). The highest BCUT2D eigenvalue weighted by molar-refractivity contribution is 9.10. The van der Waals surface area contributed by atoms with E-state index in [9.17, 15) is 9.67 Å². The number of benzene rings is 2. The van der Waals surface area contributed by atoms with E-state index in [0.717, 1.165) is 117 Å². The molecule has 16 heteroatoms. The molecule has 2 aromatic carbocycles. The Balaban J connectivity index is 0.000000197. The van der Waals surface area contributed by atoms with Gasteiger partial charge in [-0.05, 0) is 164 Å². The first-order valence-electron chi connectivity index (χ1n) is 22.5. The Bertz CT molecular complexity index is 2630. The molecule has 13 nitrogen and oxygen atoms in total. The van der Waals surface area contributed by atoms with Gasteiger partial charge in [0.15, 0.2) is 11.3 Å². The number of hydrogen-bond donors (Lipinski definition) is 1. The first kappa shape index (κ1) is 48.2. The number of aryl methyl sites for hydroxylation is 8. The van der Waals surface area contributed by atoms with Crippen LogP contribution >= 0.6 is 39.7 Å². The van der Waals surface area contributed by atoms with E-state index >= 15 is 0 Å². The predicted octanol–water partition coefficient (Wildman–Crippen LogP) is 11.5. The topological polar surface area (TPSA) is 133 Å². The minimum Gasteiger partial charge on any atom is -0.396 e. The van der Waals surface area contributed by atoms with Gasteiger partial charge in [-0.15, -0.1) is 0 Å². The number of nitrogens with zero attached hydrogens (tertiary/aromatic N) is 8. The van der Waals surface area contributed by atoms with Crippen molar-refractivity contribution in [3.05, 3.63) is 90.6 Å². The maximum absolute atomic E-state index is 12.6. The van der Waals surface area contributed by atoms with Gasteiger partial charge < -0.3 is 24.0 Å². The second kappa shape index (κ2) is 20.4. The fourth-order valence-electron chi connectivity index (χ4n) is 9.41. The molecule has 344 valence electrons. The average molecular weight is 1020 g/mol. The van der Waals surface area contributed by atoms with E-state index in [-0.39, 0.29) is 25.7 Å². The summed E-state index contributed by atoms with van der Waals surface area (Å²) in [6.45, 7) is 25.1. The summed E-state index contributed by atoms with van der Waals surface area (Å²) in [5, 5.41) is 11.7. The molecule has 64 heavy (non-hydrogen) atoms. The summed E-state index contributed by atoms with van der Waals surface area (Å²) in [4.78, 5) is 24.1. The zero-order valence-electron chi connectivity index (χ0n) is 39.0. The summed E-state index contributed by atoms with van der Waals surface area (Å²) >= 11 is 7.21. The molecule has 1 N–H and O–H groups in total. The largest absolute Gasteiger partial charge is 0.474 e. The van der Waals surface area contributed by atoms with Crippen LogP contribution in [-0.4, -0.2) is 86.8 Å². The third-order valence-corrected chi connectivity index (χ3v) is 14.9. The smallest absolute Gasteiger partial charge is 0.396 e. The Morgan fingerprint density at radius 3 is 1.33 bits per heavy atom. The van der Waals surface area contributed by atoms with Gasteiger partial charge in [-0.3, -0.25) is 13.6 Å². The van der Waals surface area contributed by atoms with Gasteiger partial charge in [-0.25, -0.2) is 24.5 Å². The van der Waals surface area contributed by atoms with Gasteiger partial charge in [-0.2, -0.15) is 0 Å². The maximum Gasteiger partial charge on any atom is 0.474 e. The van der Waals surface area contributed by atoms with Crippen LogP contribution in [0.25, 0.3) is 33.4 Å². The summed E-state index contributed by atoms with van der Waals surface area (Å²) in [7, 11) is -3.48. The van der Waals surface area contributed by atoms with E-state index in [2.05, 4.69) is 129 Å². The molecule has 2 fully saturated rings. The van der Waals surface area contributed by atoms with Gasteiger partial charge in [0.2, 0.25) is 0 Å². The van der Waals surface area contributed by atoms with Crippen LogP contribution in [-0.2, 0) is 18.1 Å². The van der Waals surface area contributed by atoms with Gasteiger partial charge in [0.1, 0.15) is 23.3 Å². The summed E-state index contributed by atoms with van der Waals surface area (Å²) < 4.78 is 35.4. The molecule has 2 aliphatic heterocycles. The second-order valence-electron chi connectivity index (χ2n) is 17.3. The van der Waals surface area contributed by atoms with Crippen LogP contribution in [0.15, 0.2) is 45.6 Å². The normalized spacial score (nSPS) is 15.4. The molecule has 0 atom stereocenters. The number of phosphoric acid groups is 1. The maximum atomic E-state index is 12.6. The zero-order chi connectivity index (χ0) is 46.0. The summed E-state index contributed by atoms with van der Waals surface area (Å²) in [6.07, 6.45) is 8.19. The molecule has 0 spiro atoms. The van der Waals surface area contributed by atoms with E-state index in [0.29, 0.717) is 12.5 Å². The van der Waals surface area contributed by atoms with Crippen LogP contribution in [0, 0.1) is 67.2 Å². The Kier molecular flexibility index (Phi) is 15.4.